The fourth-order valence-electron chi connectivity index (χ4n) is 3.89. The summed E-state index contributed by atoms with van der Waals surface area (Å²) in [5.41, 5.74) is 4.45. The highest BCUT2D eigenvalue weighted by molar-refractivity contribution is 6.39. The number of Topliss-reactive ketones (excluding diaryl/α,β-unsaturated/α-hetero) is 1. The Hall–Kier alpha value is -3.72. The number of carbonyl (C=O) groups is 2. The molecule has 28 heavy (non-hydrogen) atoms. The molecule has 0 bridgehead atoms. The molecule has 3 heteroatoms. The van der Waals surface area contributed by atoms with E-state index in [-0.39, 0.29) is 11.6 Å². The van der Waals surface area contributed by atoms with Crippen LogP contribution in [0.2, 0.25) is 0 Å². The molecule has 0 aliphatic heterocycles. The summed E-state index contributed by atoms with van der Waals surface area (Å²) in [5, 5.41) is 0.977. The second kappa shape index (κ2) is 6.46. The number of para-hydroxylation sites is 1. The Labute approximate surface area is 162 Å². The summed E-state index contributed by atoms with van der Waals surface area (Å²) in [6.07, 6.45) is 3.47. The zero-order valence-corrected chi connectivity index (χ0v) is 15.1. The minimum absolute atomic E-state index is 0.0992. The lowest BCUT2D eigenvalue weighted by molar-refractivity contribution is 0.100. The molecule has 0 spiro atoms. The largest absolute Gasteiger partial charge is 0.342 e. The summed E-state index contributed by atoms with van der Waals surface area (Å²) in [4.78, 5) is 25.8. The van der Waals surface area contributed by atoms with Gasteiger partial charge in [0, 0.05) is 45.9 Å². The average Bonchev–Trinajstić information content (AvgIpc) is 3.10. The zero-order valence-electron chi connectivity index (χ0n) is 15.1. The second-order valence-electron chi connectivity index (χ2n) is 6.97. The number of allylic oxidation sites excluding steroid dienone is 2. The van der Waals surface area contributed by atoms with Gasteiger partial charge >= 0.3 is 0 Å². The molecule has 4 aromatic rings. The molecule has 1 aliphatic carbocycles. The van der Waals surface area contributed by atoms with Crippen molar-refractivity contribution in [2.45, 2.75) is 6.54 Å². The highest BCUT2D eigenvalue weighted by atomic mass is 16.1. The van der Waals surface area contributed by atoms with Crippen molar-refractivity contribution in [3.63, 3.8) is 0 Å². The number of rotatable bonds is 3. The van der Waals surface area contributed by atoms with Gasteiger partial charge in [-0.05, 0) is 17.7 Å². The molecule has 0 N–H and O–H groups in total. The predicted octanol–water partition coefficient (Wildman–Crippen LogP) is 5.15. The van der Waals surface area contributed by atoms with E-state index in [4.69, 9.17) is 0 Å². The summed E-state index contributed by atoms with van der Waals surface area (Å²) in [6, 6.07) is 25.2. The maximum Gasteiger partial charge on any atom is 0.194 e. The molecular formula is C25H17NO2. The van der Waals surface area contributed by atoms with E-state index in [1.807, 2.05) is 48.7 Å². The van der Waals surface area contributed by atoms with Crippen molar-refractivity contribution in [2.24, 2.45) is 0 Å². The Balaban J connectivity index is 1.66. The molecule has 0 saturated carbocycles. The molecule has 0 amide bonds. The van der Waals surface area contributed by atoms with Crippen molar-refractivity contribution in [1.29, 1.82) is 0 Å². The van der Waals surface area contributed by atoms with Crippen LogP contribution in [-0.4, -0.2) is 16.1 Å². The fourth-order valence-corrected chi connectivity index (χ4v) is 3.89. The molecule has 1 aliphatic rings. The molecule has 0 unspecified atom stereocenters. The molecule has 0 saturated heterocycles. The monoisotopic (exact) mass is 363 g/mol. The van der Waals surface area contributed by atoms with Crippen LogP contribution in [0.25, 0.3) is 16.5 Å². The van der Waals surface area contributed by atoms with E-state index in [0.29, 0.717) is 23.2 Å². The van der Waals surface area contributed by atoms with Crippen LogP contribution in [0, 0.1) is 0 Å². The molecule has 0 radical (unpaired) electrons. The van der Waals surface area contributed by atoms with Gasteiger partial charge in [0.2, 0.25) is 0 Å². The number of hydrogen-bond acceptors (Lipinski definition) is 2. The topological polar surface area (TPSA) is 39.1 Å². The van der Waals surface area contributed by atoms with Gasteiger partial charge in [-0.2, -0.15) is 0 Å². The molecular weight excluding hydrogens is 346 g/mol. The molecule has 3 nitrogen and oxygen atoms in total. The highest BCUT2D eigenvalue weighted by Crippen LogP contribution is 2.33. The van der Waals surface area contributed by atoms with Gasteiger partial charge in [-0.15, -0.1) is 0 Å². The van der Waals surface area contributed by atoms with E-state index < -0.39 is 0 Å². The van der Waals surface area contributed by atoms with Crippen LogP contribution >= 0.6 is 0 Å². The van der Waals surface area contributed by atoms with Gasteiger partial charge in [0.15, 0.2) is 11.6 Å². The van der Waals surface area contributed by atoms with Crippen molar-refractivity contribution in [3.05, 3.63) is 113 Å². The Kier molecular flexibility index (Phi) is 3.80. The van der Waals surface area contributed by atoms with Crippen LogP contribution in [0.5, 0.6) is 0 Å². The van der Waals surface area contributed by atoms with Crippen molar-refractivity contribution < 1.29 is 9.59 Å². The van der Waals surface area contributed by atoms with E-state index in [2.05, 4.69) is 16.7 Å². The summed E-state index contributed by atoms with van der Waals surface area (Å²) >= 11 is 0. The Bertz CT molecular complexity index is 1260. The van der Waals surface area contributed by atoms with Crippen LogP contribution in [0.3, 0.4) is 0 Å². The molecule has 5 rings (SSSR count). The molecule has 0 fully saturated rings. The number of nitrogens with zero attached hydrogens (tertiary/aromatic N) is 1. The van der Waals surface area contributed by atoms with E-state index in [9.17, 15) is 9.59 Å². The second-order valence-corrected chi connectivity index (χ2v) is 6.97. The van der Waals surface area contributed by atoms with E-state index in [1.165, 1.54) is 11.6 Å². The van der Waals surface area contributed by atoms with Crippen molar-refractivity contribution in [1.82, 2.24) is 4.57 Å². The molecule has 1 aromatic heterocycles. The Morgan fingerprint density at radius 3 is 2.18 bits per heavy atom. The fraction of sp³-hybridized carbons (Fsp3) is 0.0400. The summed E-state index contributed by atoms with van der Waals surface area (Å²) in [5.74, 6) is -0.220. The van der Waals surface area contributed by atoms with Gasteiger partial charge in [-0.1, -0.05) is 72.8 Å². The van der Waals surface area contributed by atoms with Crippen molar-refractivity contribution in [3.8, 4) is 0 Å². The Morgan fingerprint density at radius 1 is 0.679 bits per heavy atom. The SMILES string of the molecule is O=C1C=C(c2cn(Cc3ccccc3)c3ccccc23)C(=O)c2ccccc21. The average molecular weight is 363 g/mol. The van der Waals surface area contributed by atoms with Gasteiger partial charge < -0.3 is 4.57 Å². The van der Waals surface area contributed by atoms with Crippen molar-refractivity contribution in [2.75, 3.05) is 0 Å². The van der Waals surface area contributed by atoms with Crippen LogP contribution in [0.15, 0.2) is 91.1 Å². The van der Waals surface area contributed by atoms with Crippen LogP contribution in [-0.2, 0) is 6.54 Å². The lowest BCUT2D eigenvalue weighted by Crippen LogP contribution is -2.15. The first-order valence-corrected chi connectivity index (χ1v) is 9.24. The summed E-state index contributed by atoms with van der Waals surface area (Å²) in [6.45, 7) is 0.702. The summed E-state index contributed by atoms with van der Waals surface area (Å²) < 4.78 is 2.14. The van der Waals surface area contributed by atoms with Crippen molar-refractivity contribution >= 4 is 28.0 Å². The number of aromatic nitrogens is 1. The lowest BCUT2D eigenvalue weighted by atomic mass is 9.86. The maximum atomic E-state index is 13.1. The number of carbonyl (C=O) groups excluding carboxylic acids is 2. The van der Waals surface area contributed by atoms with Crippen LogP contribution < -0.4 is 0 Å². The Morgan fingerprint density at radius 2 is 1.36 bits per heavy atom. The minimum Gasteiger partial charge on any atom is -0.342 e. The smallest absolute Gasteiger partial charge is 0.194 e. The first-order chi connectivity index (χ1) is 13.7. The third-order valence-corrected chi connectivity index (χ3v) is 5.23. The van der Waals surface area contributed by atoms with E-state index in [0.717, 1.165) is 16.5 Å². The molecule has 134 valence electrons. The lowest BCUT2D eigenvalue weighted by Gasteiger charge is -2.14. The number of hydrogen-bond donors (Lipinski definition) is 0. The van der Waals surface area contributed by atoms with Gasteiger partial charge in [0.05, 0.1) is 0 Å². The number of benzene rings is 3. The quantitative estimate of drug-likeness (QED) is 0.505. The minimum atomic E-state index is -0.120. The zero-order chi connectivity index (χ0) is 19.1. The number of fused-ring (bicyclic) bond motifs is 2. The van der Waals surface area contributed by atoms with Gasteiger partial charge in [-0.3, -0.25) is 9.59 Å². The van der Waals surface area contributed by atoms with E-state index in [1.54, 1.807) is 24.3 Å². The third kappa shape index (κ3) is 2.60. The molecule has 0 atom stereocenters. The maximum absolute atomic E-state index is 13.1. The van der Waals surface area contributed by atoms with Gasteiger partial charge in [-0.25, -0.2) is 0 Å². The van der Waals surface area contributed by atoms with Gasteiger partial charge in [0.1, 0.15) is 0 Å². The number of ketones is 2. The third-order valence-electron chi connectivity index (χ3n) is 5.23. The first kappa shape index (κ1) is 16.5. The molecule has 1 heterocycles. The summed E-state index contributed by atoms with van der Waals surface area (Å²) in [7, 11) is 0. The first-order valence-electron chi connectivity index (χ1n) is 9.24. The molecule has 3 aromatic carbocycles. The van der Waals surface area contributed by atoms with Crippen LogP contribution in [0.1, 0.15) is 31.8 Å². The highest BCUT2D eigenvalue weighted by Gasteiger charge is 2.27. The van der Waals surface area contributed by atoms with Gasteiger partial charge in [0.25, 0.3) is 0 Å². The standard InChI is InChI=1S/C25H17NO2/c27-24-14-21(25(28)20-12-5-4-11-19(20)24)22-16-26(15-17-8-2-1-3-9-17)23-13-7-6-10-18(22)23/h1-14,16H,15H2. The van der Waals surface area contributed by atoms with Crippen LogP contribution in [0.4, 0.5) is 0 Å². The predicted molar refractivity (Wildman–Crippen MR) is 111 cm³/mol. The normalized spacial score (nSPS) is 13.5. The van der Waals surface area contributed by atoms with E-state index >= 15 is 0 Å².